The molecule has 7 heteroatoms. The number of halogens is 1. The molecule has 0 saturated carbocycles. The molecule has 0 aliphatic carbocycles. The summed E-state index contributed by atoms with van der Waals surface area (Å²) in [7, 11) is 1.34. The lowest BCUT2D eigenvalue weighted by Crippen LogP contribution is -2.44. The number of hydrogen-bond acceptors (Lipinski definition) is 5. The Balaban J connectivity index is 1.73. The topological polar surface area (TPSA) is 58.6 Å². The van der Waals surface area contributed by atoms with Crippen LogP contribution in [0.4, 0.5) is 0 Å². The SMILES string of the molecule is COC(=O)[C@H](Cc1ccccc1)NC(=O)C1=C[C@@H](C(C)(C)C)N(Sc2ccccc2C)[C@H]1c1ccc(Cl)cc1. The molecule has 1 aliphatic heterocycles. The highest BCUT2D eigenvalue weighted by Crippen LogP contribution is 2.49. The molecule has 39 heavy (non-hydrogen) atoms. The van der Waals surface area contributed by atoms with Gasteiger partial charge in [0, 0.05) is 28.0 Å². The number of rotatable bonds is 8. The molecule has 1 aliphatic rings. The van der Waals surface area contributed by atoms with Crippen LogP contribution < -0.4 is 5.32 Å². The van der Waals surface area contributed by atoms with Crippen molar-refractivity contribution in [2.24, 2.45) is 5.41 Å². The molecule has 3 atom stereocenters. The standard InChI is InChI=1S/C32H35ClN2O3S/c1-21-11-9-10-14-27(21)39-35-28(32(2,3)4)20-25(29(35)23-15-17-24(33)18-16-23)30(36)34-26(31(37)38-5)19-22-12-7-6-8-13-22/h6-18,20,26,28-29H,19H2,1-5H3,(H,34,36)/t26-,28-,29-/m0/s1. The minimum absolute atomic E-state index is 0.0609. The van der Waals surface area contributed by atoms with Crippen LogP contribution in [0.1, 0.15) is 43.5 Å². The first-order valence-corrected chi connectivity index (χ1v) is 14.2. The summed E-state index contributed by atoms with van der Waals surface area (Å²) in [5, 5.41) is 3.62. The molecular weight excluding hydrogens is 528 g/mol. The van der Waals surface area contributed by atoms with Crippen molar-refractivity contribution in [2.45, 2.75) is 57.1 Å². The van der Waals surface area contributed by atoms with Crippen molar-refractivity contribution in [3.05, 3.63) is 112 Å². The quantitative estimate of drug-likeness (QED) is 0.238. The average Bonchev–Trinajstić information content (AvgIpc) is 3.30. The molecule has 204 valence electrons. The van der Waals surface area contributed by atoms with E-state index in [4.69, 9.17) is 16.3 Å². The molecule has 1 N–H and O–H groups in total. The number of esters is 1. The number of nitrogens with one attached hydrogen (secondary N) is 1. The fraction of sp³-hybridized carbons (Fsp3) is 0.312. The first-order valence-electron chi connectivity index (χ1n) is 13.0. The summed E-state index contributed by atoms with van der Waals surface area (Å²) in [4.78, 5) is 27.9. The van der Waals surface area contributed by atoms with E-state index in [2.05, 4.69) is 55.5 Å². The predicted molar refractivity (Wildman–Crippen MR) is 158 cm³/mol. The molecule has 0 fully saturated rings. The maximum Gasteiger partial charge on any atom is 0.328 e. The van der Waals surface area contributed by atoms with E-state index in [1.165, 1.54) is 7.11 Å². The van der Waals surface area contributed by atoms with Crippen molar-refractivity contribution in [3.8, 4) is 0 Å². The molecular formula is C32H35ClN2O3S. The molecule has 3 aromatic carbocycles. The van der Waals surface area contributed by atoms with E-state index in [1.54, 1.807) is 11.9 Å². The van der Waals surface area contributed by atoms with Crippen LogP contribution in [-0.4, -0.2) is 35.4 Å². The van der Waals surface area contributed by atoms with Crippen LogP contribution in [0.2, 0.25) is 5.02 Å². The lowest BCUT2D eigenvalue weighted by atomic mass is 9.87. The number of methoxy groups -OCH3 is 1. The second-order valence-corrected chi connectivity index (χ2v) is 12.3. The summed E-state index contributed by atoms with van der Waals surface area (Å²) in [6, 6.07) is 24.2. The van der Waals surface area contributed by atoms with Gasteiger partial charge >= 0.3 is 5.97 Å². The lowest BCUT2D eigenvalue weighted by molar-refractivity contribution is -0.144. The maximum atomic E-state index is 14.0. The Kier molecular flexibility index (Phi) is 9.21. The summed E-state index contributed by atoms with van der Waals surface area (Å²) in [5.41, 5.74) is 3.48. The van der Waals surface area contributed by atoms with Gasteiger partial charge in [0.05, 0.1) is 13.2 Å². The molecule has 3 aromatic rings. The number of carbonyl (C=O) groups is 2. The van der Waals surface area contributed by atoms with Crippen LogP contribution in [0.25, 0.3) is 0 Å². The van der Waals surface area contributed by atoms with Gasteiger partial charge in [-0.3, -0.25) is 4.79 Å². The Morgan fingerprint density at radius 3 is 2.26 bits per heavy atom. The number of amides is 1. The average molecular weight is 563 g/mol. The fourth-order valence-corrected chi connectivity index (χ4v) is 6.28. The van der Waals surface area contributed by atoms with Gasteiger partial charge in [-0.25, -0.2) is 9.10 Å². The zero-order chi connectivity index (χ0) is 28.2. The largest absolute Gasteiger partial charge is 0.467 e. The van der Waals surface area contributed by atoms with Crippen molar-refractivity contribution < 1.29 is 14.3 Å². The fourth-order valence-electron chi connectivity index (χ4n) is 4.74. The van der Waals surface area contributed by atoms with Crippen LogP contribution in [0.15, 0.2) is 95.4 Å². The molecule has 1 amide bonds. The molecule has 1 heterocycles. The normalized spacial score (nSPS) is 18.4. The van der Waals surface area contributed by atoms with Gasteiger partial charge in [0.15, 0.2) is 0 Å². The van der Waals surface area contributed by atoms with Crippen LogP contribution >= 0.6 is 23.5 Å². The number of ether oxygens (including phenoxy) is 1. The van der Waals surface area contributed by atoms with Gasteiger partial charge in [-0.15, -0.1) is 0 Å². The second kappa shape index (κ2) is 12.4. The molecule has 0 radical (unpaired) electrons. The van der Waals surface area contributed by atoms with Gasteiger partial charge in [0.1, 0.15) is 6.04 Å². The van der Waals surface area contributed by atoms with E-state index in [-0.39, 0.29) is 23.4 Å². The van der Waals surface area contributed by atoms with Crippen molar-refractivity contribution >= 4 is 35.4 Å². The van der Waals surface area contributed by atoms with E-state index in [0.717, 1.165) is 21.6 Å². The highest BCUT2D eigenvalue weighted by molar-refractivity contribution is 7.97. The number of aryl methyl sites for hydroxylation is 1. The van der Waals surface area contributed by atoms with Gasteiger partial charge in [0.2, 0.25) is 5.91 Å². The smallest absolute Gasteiger partial charge is 0.328 e. The first-order chi connectivity index (χ1) is 18.6. The van der Waals surface area contributed by atoms with Crippen molar-refractivity contribution in [1.29, 1.82) is 0 Å². The zero-order valence-corrected chi connectivity index (χ0v) is 24.6. The third-order valence-electron chi connectivity index (χ3n) is 6.87. The van der Waals surface area contributed by atoms with Gasteiger partial charge in [-0.1, -0.05) is 99.1 Å². The van der Waals surface area contributed by atoms with Crippen LogP contribution in [0, 0.1) is 12.3 Å². The van der Waals surface area contributed by atoms with E-state index in [1.807, 2.05) is 66.7 Å². The van der Waals surface area contributed by atoms with E-state index >= 15 is 0 Å². The summed E-state index contributed by atoms with van der Waals surface area (Å²) >= 11 is 7.89. The van der Waals surface area contributed by atoms with Gasteiger partial charge in [-0.2, -0.15) is 0 Å². The lowest BCUT2D eigenvalue weighted by Gasteiger charge is -2.37. The summed E-state index contributed by atoms with van der Waals surface area (Å²) in [6.45, 7) is 8.61. The number of nitrogens with zero attached hydrogens (tertiary/aromatic N) is 1. The molecule has 0 saturated heterocycles. The molecule has 0 unspecified atom stereocenters. The van der Waals surface area contributed by atoms with Crippen molar-refractivity contribution in [3.63, 3.8) is 0 Å². The highest BCUT2D eigenvalue weighted by atomic mass is 35.5. The molecule has 0 bridgehead atoms. The third kappa shape index (κ3) is 6.93. The van der Waals surface area contributed by atoms with Gasteiger partial charge < -0.3 is 10.1 Å². The first kappa shape index (κ1) is 28.9. The molecule has 4 rings (SSSR count). The Morgan fingerprint density at radius 1 is 1.00 bits per heavy atom. The minimum Gasteiger partial charge on any atom is -0.467 e. The number of benzene rings is 3. The Morgan fingerprint density at radius 2 is 1.64 bits per heavy atom. The zero-order valence-electron chi connectivity index (χ0n) is 23.0. The summed E-state index contributed by atoms with van der Waals surface area (Å²) < 4.78 is 7.36. The Labute approximate surface area is 240 Å². The minimum atomic E-state index is -0.817. The van der Waals surface area contributed by atoms with E-state index in [0.29, 0.717) is 17.0 Å². The highest BCUT2D eigenvalue weighted by Gasteiger charge is 2.44. The van der Waals surface area contributed by atoms with Gasteiger partial charge in [-0.05, 0) is 59.2 Å². The van der Waals surface area contributed by atoms with Crippen LogP contribution in [0.3, 0.4) is 0 Å². The van der Waals surface area contributed by atoms with Crippen LogP contribution in [0.5, 0.6) is 0 Å². The number of carbonyl (C=O) groups excluding carboxylic acids is 2. The third-order valence-corrected chi connectivity index (χ3v) is 8.42. The molecule has 0 spiro atoms. The monoisotopic (exact) mass is 562 g/mol. The number of hydrogen-bond donors (Lipinski definition) is 1. The molecule has 5 nitrogen and oxygen atoms in total. The Hall–Kier alpha value is -3.06. The second-order valence-electron chi connectivity index (χ2n) is 10.8. The van der Waals surface area contributed by atoms with Gasteiger partial charge in [0.25, 0.3) is 0 Å². The summed E-state index contributed by atoms with van der Waals surface area (Å²) in [6.07, 6.45) is 2.39. The molecule has 0 aromatic heterocycles. The predicted octanol–water partition coefficient (Wildman–Crippen LogP) is 6.95. The van der Waals surface area contributed by atoms with Crippen molar-refractivity contribution in [2.75, 3.05) is 7.11 Å². The maximum absolute atomic E-state index is 14.0. The Bertz CT molecular complexity index is 1340. The van der Waals surface area contributed by atoms with E-state index in [9.17, 15) is 9.59 Å². The van der Waals surface area contributed by atoms with Crippen molar-refractivity contribution in [1.82, 2.24) is 9.62 Å². The van der Waals surface area contributed by atoms with E-state index < -0.39 is 12.0 Å². The van der Waals surface area contributed by atoms with Crippen LogP contribution in [-0.2, 0) is 20.7 Å². The summed E-state index contributed by atoms with van der Waals surface area (Å²) in [5.74, 6) is -0.768.